The minimum Gasteiger partial charge on any atom is -0.494 e. The summed E-state index contributed by atoms with van der Waals surface area (Å²) in [6.45, 7) is 8.92. The summed E-state index contributed by atoms with van der Waals surface area (Å²) >= 11 is 0. The van der Waals surface area contributed by atoms with E-state index in [1.54, 1.807) is 0 Å². The van der Waals surface area contributed by atoms with E-state index in [0.717, 1.165) is 31.9 Å². The van der Waals surface area contributed by atoms with Gasteiger partial charge in [-0.1, -0.05) is 19.1 Å². The fourth-order valence-corrected chi connectivity index (χ4v) is 2.57. The molecule has 0 aromatic heterocycles. The molecule has 0 radical (unpaired) electrons. The van der Waals surface area contributed by atoms with Crippen LogP contribution in [0.25, 0.3) is 0 Å². The van der Waals surface area contributed by atoms with E-state index in [1.807, 2.05) is 0 Å². The number of hydrogen-bond donors (Lipinski definition) is 1. The zero-order valence-corrected chi connectivity index (χ0v) is 12.7. The summed E-state index contributed by atoms with van der Waals surface area (Å²) in [7, 11) is 0. The molecule has 1 aromatic rings. The third kappa shape index (κ3) is 5.51. The van der Waals surface area contributed by atoms with Crippen molar-refractivity contribution < 1.29 is 4.74 Å². The molecule has 1 aromatic carbocycles. The van der Waals surface area contributed by atoms with Crippen molar-refractivity contribution in [1.29, 1.82) is 0 Å². The topological polar surface area (TPSA) is 24.5 Å². The van der Waals surface area contributed by atoms with E-state index >= 15 is 0 Å². The Morgan fingerprint density at radius 3 is 2.55 bits per heavy atom. The molecule has 1 N–H and O–H groups in total. The van der Waals surface area contributed by atoms with E-state index in [9.17, 15) is 0 Å². The first-order valence-electron chi connectivity index (χ1n) is 8.03. The van der Waals surface area contributed by atoms with Gasteiger partial charge >= 0.3 is 0 Å². The standard InChI is InChI=1S/C17H28N2O/c1-2-15-20-17-8-6-16(7-9-17)5-3-4-12-19-13-10-18-11-14-19/h6-9,18H,2-5,10-15H2,1H3. The van der Waals surface area contributed by atoms with Crippen LogP contribution >= 0.6 is 0 Å². The molecule has 112 valence electrons. The van der Waals surface area contributed by atoms with Crippen LogP contribution in [0, 0.1) is 0 Å². The zero-order chi connectivity index (χ0) is 14.0. The molecule has 1 aliphatic heterocycles. The highest BCUT2D eigenvalue weighted by molar-refractivity contribution is 5.27. The van der Waals surface area contributed by atoms with E-state index in [1.165, 1.54) is 44.5 Å². The molecule has 20 heavy (non-hydrogen) atoms. The van der Waals surface area contributed by atoms with Crippen LogP contribution in [0.5, 0.6) is 5.75 Å². The van der Waals surface area contributed by atoms with Gasteiger partial charge in [-0.25, -0.2) is 0 Å². The summed E-state index contributed by atoms with van der Waals surface area (Å²) in [5.74, 6) is 0.997. The fourth-order valence-electron chi connectivity index (χ4n) is 2.57. The maximum atomic E-state index is 5.60. The van der Waals surface area contributed by atoms with Gasteiger partial charge in [-0.15, -0.1) is 0 Å². The molecule has 0 spiro atoms. The Labute approximate surface area is 123 Å². The molecular formula is C17H28N2O. The second-order valence-corrected chi connectivity index (χ2v) is 5.54. The van der Waals surface area contributed by atoms with Gasteiger partial charge in [0.2, 0.25) is 0 Å². The van der Waals surface area contributed by atoms with Crippen LogP contribution < -0.4 is 10.1 Å². The summed E-state index contributed by atoms with van der Waals surface area (Å²) < 4.78 is 5.60. The molecule has 0 amide bonds. The van der Waals surface area contributed by atoms with Crippen LogP contribution in [0.1, 0.15) is 31.7 Å². The lowest BCUT2D eigenvalue weighted by molar-refractivity contribution is 0.237. The van der Waals surface area contributed by atoms with Crippen molar-refractivity contribution in [3.63, 3.8) is 0 Å². The van der Waals surface area contributed by atoms with Crippen LogP contribution in [0.15, 0.2) is 24.3 Å². The highest BCUT2D eigenvalue weighted by Crippen LogP contribution is 2.14. The predicted molar refractivity (Wildman–Crippen MR) is 84.5 cm³/mol. The van der Waals surface area contributed by atoms with Crippen molar-refractivity contribution in [2.24, 2.45) is 0 Å². The molecule has 3 heteroatoms. The lowest BCUT2D eigenvalue weighted by Gasteiger charge is -2.27. The highest BCUT2D eigenvalue weighted by atomic mass is 16.5. The minimum atomic E-state index is 0.810. The molecular weight excluding hydrogens is 248 g/mol. The number of rotatable bonds is 8. The Bertz CT molecular complexity index is 358. The molecule has 0 atom stereocenters. The highest BCUT2D eigenvalue weighted by Gasteiger charge is 2.08. The summed E-state index contributed by atoms with van der Waals surface area (Å²) in [4.78, 5) is 2.57. The Morgan fingerprint density at radius 2 is 1.85 bits per heavy atom. The smallest absolute Gasteiger partial charge is 0.119 e. The minimum absolute atomic E-state index is 0.810. The molecule has 2 rings (SSSR count). The van der Waals surface area contributed by atoms with Crippen LogP contribution in [0.2, 0.25) is 0 Å². The number of aryl methyl sites for hydroxylation is 1. The average Bonchev–Trinajstić information content (AvgIpc) is 2.52. The van der Waals surface area contributed by atoms with Gasteiger partial charge in [-0.2, -0.15) is 0 Å². The molecule has 0 aliphatic carbocycles. The van der Waals surface area contributed by atoms with Gasteiger partial charge < -0.3 is 15.0 Å². The number of nitrogens with one attached hydrogen (secondary N) is 1. The van der Waals surface area contributed by atoms with Crippen molar-refractivity contribution in [2.45, 2.75) is 32.6 Å². The van der Waals surface area contributed by atoms with Gasteiger partial charge in [-0.3, -0.25) is 0 Å². The van der Waals surface area contributed by atoms with Crippen LogP contribution in [0.3, 0.4) is 0 Å². The summed E-state index contributed by atoms with van der Waals surface area (Å²) in [5, 5.41) is 3.40. The second-order valence-electron chi connectivity index (χ2n) is 5.54. The van der Waals surface area contributed by atoms with Crippen LogP contribution in [-0.4, -0.2) is 44.2 Å². The maximum Gasteiger partial charge on any atom is 0.119 e. The number of hydrogen-bond acceptors (Lipinski definition) is 3. The van der Waals surface area contributed by atoms with Crippen molar-refractivity contribution >= 4 is 0 Å². The summed E-state index contributed by atoms with van der Waals surface area (Å²) in [6.07, 6.45) is 4.82. The largest absolute Gasteiger partial charge is 0.494 e. The molecule has 1 fully saturated rings. The number of nitrogens with zero attached hydrogens (tertiary/aromatic N) is 1. The monoisotopic (exact) mass is 276 g/mol. The van der Waals surface area contributed by atoms with Gasteiger partial charge in [-0.05, 0) is 49.9 Å². The molecule has 0 saturated carbocycles. The molecule has 3 nitrogen and oxygen atoms in total. The van der Waals surface area contributed by atoms with E-state index in [0.29, 0.717) is 0 Å². The van der Waals surface area contributed by atoms with E-state index in [4.69, 9.17) is 4.74 Å². The Balaban J connectivity index is 1.61. The Hall–Kier alpha value is -1.06. The van der Waals surface area contributed by atoms with Gasteiger partial charge in [0, 0.05) is 26.2 Å². The Morgan fingerprint density at radius 1 is 1.10 bits per heavy atom. The first-order valence-corrected chi connectivity index (χ1v) is 8.03. The van der Waals surface area contributed by atoms with Gasteiger partial charge in [0.1, 0.15) is 5.75 Å². The van der Waals surface area contributed by atoms with E-state index < -0.39 is 0 Å². The quantitative estimate of drug-likeness (QED) is 0.739. The van der Waals surface area contributed by atoms with Crippen molar-refractivity contribution in [3.05, 3.63) is 29.8 Å². The summed E-state index contributed by atoms with van der Waals surface area (Å²) in [5.41, 5.74) is 1.43. The molecule has 1 aliphatic rings. The molecule has 1 heterocycles. The zero-order valence-electron chi connectivity index (χ0n) is 12.7. The molecule has 0 bridgehead atoms. The second kappa shape index (κ2) is 8.98. The van der Waals surface area contributed by atoms with E-state index in [2.05, 4.69) is 41.4 Å². The normalized spacial score (nSPS) is 16.2. The van der Waals surface area contributed by atoms with Crippen LogP contribution in [0.4, 0.5) is 0 Å². The first kappa shape index (κ1) is 15.3. The summed E-state index contributed by atoms with van der Waals surface area (Å²) in [6, 6.07) is 8.61. The van der Waals surface area contributed by atoms with Crippen molar-refractivity contribution in [3.8, 4) is 5.75 Å². The van der Waals surface area contributed by atoms with Gasteiger partial charge in [0.25, 0.3) is 0 Å². The Kier molecular flexibility index (Phi) is 6.89. The lowest BCUT2D eigenvalue weighted by atomic mass is 10.1. The number of ether oxygens (including phenoxy) is 1. The number of unbranched alkanes of at least 4 members (excludes halogenated alkanes) is 1. The third-order valence-corrected chi connectivity index (χ3v) is 3.80. The fraction of sp³-hybridized carbons (Fsp3) is 0.647. The van der Waals surface area contributed by atoms with Gasteiger partial charge in [0.15, 0.2) is 0 Å². The van der Waals surface area contributed by atoms with E-state index in [-0.39, 0.29) is 0 Å². The van der Waals surface area contributed by atoms with Crippen molar-refractivity contribution in [1.82, 2.24) is 10.2 Å². The maximum absolute atomic E-state index is 5.60. The van der Waals surface area contributed by atoms with Gasteiger partial charge in [0.05, 0.1) is 6.61 Å². The predicted octanol–water partition coefficient (Wildman–Crippen LogP) is 2.70. The molecule has 1 saturated heterocycles. The number of benzene rings is 1. The third-order valence-electron chi connectivity index (χ3n) is 3.80. The molecule has 0 unspecified atom stereocenters. The lowest BCUT2D eigenvalue weighted by Crippen LogP contribution is -2.43. The first-order chi connectivity index (χ1) is 9.88. The number of piperazine rings is 1. The van der Waals surface area contributed by atoms with Crippen LogP contribution in [-0.2, 0) is 6.42 Å². The average molecular weight is 276 g/mol. The van der Waals surface area contributed by atoms with Crippen molar-refractivity contribution in [2.75, 3.05) is 39.3 Å². The SMILES string of the molecule is CCCOc1ccc(CCCCN2CCNCC2)cc1.